The number of carbonyl (C=O) groups excluding carboxylic acids is 2. The van der Waals surface area contributed by atoms with E-state index in [1.165, 1.54) is 16.5 Å². The van der Waals surface area contributed by atoms with Crippen molar-refractivity contribution in [2.75, 3.05) is 24.6 Å². The molecule has 1 aromatic rings. The maximum atomic E-state index is 12.5. The van der Waals surface area contributed by atoms with Crippen LogP contribution >= 0.6 is 0 Å². The molecule has 1 aliphatic heterocycles. The van der Waals surface area contributed by atoms with Gasteiger partial charge >= 0.3 is 0 Å². The second kappa shape index (κ2) is 6.71. The summed E-state index contributed by atoms with van der Waals surface area (Å²) in [6, 6.07) is 6.68. The molecule has 1 heterocycles. The van der Waals surface area contributed by atoms with E-state index < -0.39 is 15.7 Å². The predicted octanol–water partition coefficient (Wildman–Crippen LogP) is 0.0758. The number of hydrogen-bond acceptors (Lipinski definition) is 5. The number of nitrogens with one attached hydrogen (secondary N) is 1. The van der Waals surface area contributed by atoms with Crippen LogP contribution in [0.3, 0.4) is 0 Å². The van der Waals surface area contributed by atoms with Crippen LogP contribution in [0.25, 0.3) is 6.08 Å². The summed E-state index contributed by atoms with van der Waals surface area (Å²) >= 11 is 0. The normalized spacial score (nSPS) is 17.4. The fourth-order valence-electron chi connectivity index (χ4n) is 2.13. The van der Waals surface area contributed by atoms with Gasteiger partial charge in [0.15, 0.2) is 9.84 Å². The van der Waals surface area contributed by atoms with Crippen molar-refractivity contribution in [1.29, 1.82) is 0 Å². The summed E-state index contributed by atoms with van der Waals surface area (Å²) in [7, 11) is -3.05. The number of benzene rings is 1. The number of rotatable bonds is 3. The molecule has 118 valence electrons. The molecule has 1 fully saturated rings. The molecule has 0 atom stereocenters. The number of hydrogen-bond donors (Lipinski definition) is 2. The highest BCUT2D eigenvalue weighted by Gasteiger charge is 2.26. The molecule has 0 radical (unpaired) electrons. The summed E-state index contributed by atoms with van der Waals surface area (Å²) in [5.74, 6) is -1.06. The molecule has 0 unspecified atom stereocenters. The molecule has 22 heavy (non-hydrogen) atoms. The van der Waals surface area contributed by atoms with E-state index in [9.17, 15) is 18.0 Å². The second-order valence-electron chi connectivity index (χ2n) is 4.84. The van der Waals surface area contributed by atoms with Gasteiger partial charge in [0.05, 0.1) is 11.5 Å². The number of sulfone groups is 1. The molecule has 2 amide bonds. The third-order valence-corrected chi connectivity index (χ3v) is 4.96. The monoisotopic (exact) mass is 324 g/mol. The third-order valence-electron chi connectivity index (χ3n) is 3.35. The van der Waals surface area contributed by atoms with Crippen molar-refractivity contribution in [2.24, 2.45) is 0 Å². The first kappa shape index (κ1) is 16.2. The van der Waals surface area contributed by atoms with Gasteiger partial charge in [-0.3, -0.25) is 14.8 Å². The minimum Gasteiger partial charge on any atom is -0.337 e. The van der Waals surface area contributed by atoms with Crippen molar-refractivity contribution in [3.8, 4) is 0 Å². The molecule has 0 spiro atoms. The maximum Gasteiger partial charge on any atom is 0.267 e. The van der Waals surface area contributed by atoms with Crippen LogP contribution in [0.5, 0.6) is 0 Å². The van der Waals surface area contributed by atoms with Crippen LogP contribution in [-0.4, -0.2) is 54.9 Å². The van der Waals surface area contributed by atoms with Crippen molar-refractivity contribution >= 4 is 27.7 Å². The van der Waals surface area contributed by atoms with Crippen LogP contribution in [0.15, 0.2) is 30.3 Å². The fourth-order valence-corrected chi connectivity index (χ4v) is 3.33. The Morgan fingerprint density at radius 3 is 2.45 bits per heavy atom. The van der Waals surface area contributed by atoms with Gasteiger partial charge in [0, 0.05) is 24.7 Å². The standard InChI is InChI=1S/C14H16N2O5S/c17-13(15-19)6-5-11-3-1-2-4-12(11)14(18)16-7-9-22(20,21)10-8-16/h1-6,19H,7-10H2,(H,15,17)/b6-5+. The Labute approximate surface area is 128 Å². The van der Waals surface area contributed by atoms with Crippen molar-refractivity contribution < 1.29 is 23.2 Å². The highest BCUT2D eigenvalue weighted by atomic mass is 32.2. The Bertz CT molecular complexity index is 698. The van der Waals surface area contributed by atoms with Gasteiger partial charge in [0.1, 0.15) is 0 Å². The van der Waals surface area contributed by atoms with Gasteiger partial charge in [0.25, 0.3) is 11.8 Å². The maximum absolute atomic E-state index is 12.5. The minimum absolute atomic E-state index is 0.0380. The van der Waals surface area contributed by atoms with E-state index in [-0.39, 0.29) is 30.5 Å². The van der Waals surface area contributed by atoms with E-state index in [2.05, 4.69) is 0 Å². The van der Waals surface area contributed by atoms with Crippen molar-refractivity contribution in [3.63, 3.8) is 0 Å². The van der Waals surface area contributed by atoms with Crippen LogP contribution in [0, 0.1) is 0 Å². The molecule has 8 heteroatoms. The molecule has 1 aliphatic rings. The van der Waals surface area contributed by atoms with Gasteiger partial charge in [-0.05, 0) is 17.7 Å². The molecular weight excluding hydrogens is 308 g/mol. The van der Waals surface area contributed by atoms with Crippen molar-refractivity contribution in [2.45, 2.75) is 0 Å². The second-order valence-corrected chi connectivity index (χ2v) is 7.14. The first-order valence-electron chi connectivity index (χ1n) is 6.64. The lowest BCUT2D eigenvalue weighted by Crippen LogP contribution is -2.43. The average Bonchev–Trinajstić information content (AvgIpc) is 2.52. The van der Waals surface area contributed by atoms with Gasteiger partial charge in [0.2, 0.25) is 0 Å². The summed E-state index contributed by atoms with van der Waals surface area (Å²) in [5.41, 5.74) is 2.37. The highest BCUT2D eigenvalue weighted by Crippen LogP contribution is 2.15. The summed E-state index contributed by atoms with van der Waals surface area (Å²) in [6.07, 6.45) is 2.52. The summed E-state index contributed by atoms with van der Waals surface area (Å²) in [4.78, 5) is 25.0. The zero-order valence-corrected chi connectivity index (χ0v) is 12.5. The van der Waals surface area contributed by atoms with Crippen molar-refractivity contribution in [3.05, 3.63) is 41.5 Å². The van der Waals surface area contributed by atoms with Gasteiger partial charge in [-0.25, -0.2) is 13.9 Å². The number of hydroxylamine groups is 1. The van der Waals surface area contributed by atoms with E-state index >= 15 is 0 Å². The van der Waals surface area contributed by atoms with Gasteiger partial charge < -0.3 is 4.90 Å². The highest BCUT2D eigenvalue weighted by molar-refractivity contribution is 7.91. The van der Waals surface area contributed by atoms with Crippen LogP contribution in [0.4, 0.5) is 0 Å². The van der Waals surface area contributed by atoms with Gasteiger partial charge in [-0.2, -0.15) is 0 Å². The van der Waals surface area contributed by atoms with Crippen LogP contribution in [-0.2, 0) is 14.6 Å². The Kier molecular flexibility index (Phi) is 4.94. The third kappa shape index (κ3) is 3.92. The van der Waals surface area contributed by atoms with Crippen molar-refractivity contribution in [1.82, 2.24) is 10.4 Å². The topological polar surface area (TPSA) is 104 Å². The Hall–Kier alpha value is -2.19. The minimum atomic E-state index is -3.05. The molecule has 1 saturated heterocycles. The van der Waals surface area contributed by atoms with E-state index in [4.69, 9.17) is 5.21 Å². The van der Waals surface area contributed by atoms with Crippen LogP contribution < -0.4 is 5.48 Å². The summed E-state index contributed by atoms with van der Waals surface area (Å²) in [5, 5.41) is 8.46. The van der Waals surface area contributed by atoms with E-state index in [0.717, 1.165) is 6.08 Å². The molecular formula is C14H16N2O5S. The molecule has 2 rings (SSSR count). The van der Waals surface area contributed by atoms with E-state index in [1.54, 1.807) is 24.3 Å². The molecule has 0 saturated carbocycles. The van der Waals surface area contributed by atoms with Crippen LogP contribution in [0.2, 0.25) is 0 Å². The smallest absolute Gasteiger partial charge is 0.267 e. The lowest BCUT2D eigenvalue weighted by Gasteiger charge is -2.27. The lowest BCUT2D eigenvalue weighted by molar-refractivity contribution is -0.124. The quantitative estimate of drug-likeness (QED) is 0.465. The Balaban J connectivity index is 2.20. The lowest BCUT2D eigenvalue weighted by atomic mass is 10.1. The number of amides is 2. The number of nitrogens with zero attached hydrogens (tertiary/aromatic N) is 1. The van der Waals surface area contributed by atoms with E-state index in [0.29, 0.717) is 11.1 Å². The number of carbonyl (C=O) groups is 2. The molecule has 0 bridgehead atoms. The SMILES string of the molecule is O=C(/C=C/c1ccccc1C(=O)N1CCS(=O)(=O)CC1)NO. The molecule has 7 nitrogen and oxygen atoms in total. The first-order valence-corrected chi connectivity index (χ1v) is 8.46. The zero-order chi connectivity index (χ0) is 16.2. The predicted molar refractivity (Wildman–Crippen MR) is 80.0 cm³/mol. The zero-order valence-electron chi connectivity index (χ0n) is 11.7. The molecule has 0 aliphatic carbocycles. The molecule has 0 aromatic heterocycles. The molecule has 1 aromatic carbocycles. The largest absolute Gasteiger partial charge is 0.337 e. The average molecular weight is 324 g/mol. The molecule has 2 N–H and O–H groups in total. The summed E-state index contributed by atoms with van der Waals surface area (Å²) < 4.78 is 22.8. The van der Waals surface area contributed by atoms with E-state index in [1.807, 2.05) is 0 Å². The fraction of sp³-hybridized carbons (Fsp3) is 0.286. The Morgan fingerprint density at radius 1 is 1.18 bits per heavy atom. The Morgan fingerprint density at radius 2 is 1.82 bits per heavy atom. The summed E-state index contributed by atoms with van der Waals surface area (Å²) in [6.45, 7) is 0.326. The van der Waals surface area contributed by atoms with Gasteiger partial charge in [-0.1, -0.05) is 18.2 Å². The van der Waals surface area contributed by atoms with Gasteiger partial charge in [-0.15, -0.1) is 0 Å². The van der Waals surface area contributed by atoms with Crippen LogP contribution in [0.1, 0.15) is 15.9 Å². The first-order chi connectivity index (χ1) is 10.4.